The summed E-state index contributed by atoms with van der Waals surface area (Å²) >= 11 is 0. The van der Waals surface area contributed by atoms with Crippen molar-refractivity contribution in [3.05, 3.63) is 36.9 Å². The van der Waals surface area contributed by atoms with Crippen LogP contribution in [0, 0.1) is 0 Å². The third-order valence-electron chi connectivity index (χ3n) is 5.82. The summed E-state index contributed by atoms with van der Waals surface area (Å²) in [7, 11) is 0. The molecule has 2 fully saturated rings. The Balaban J connectivity index is 1.28. The highest BCUT2D eigenvalue weighted by molar-refractivity contribution is 5.92. The maximum atomic E-state index is 4.61. The average molecular weight is 378 g/mol. The Hall–Kier alpha value is -2.74. The SMILES string of the molecule is c1nc(N2CCCC2)c2cc(N3CCN(CCn4nccn4)CC3)ccc2n1. The molecule has 1 aromatic carbocycles. The number of hydrogen-bond acceptors (Lipinski definition) is 7. The molecule has 28 heavy (non-hydrogen) atoms. The normalized spacial score (nSPS) is 18.3. The van der Waals surface area contributed by atoms with Gasteiger partial charge in [-0.2, -0.15) is 15.0 Å². The predicted molar refractivity (Wildman–Crippen MR) is 110 cm³/mol. The van der Waals surface area contributed by atoms with Gasteiger partial charge < -0.3 is 9.80 Å². The lowest BCUT2D eigenvalue weighted by molar-refractivity contribution is 0.239. The van der Waals surface area contributed by atoms with Crippen molar-refractivity contribution in [3.63, 3.8) is 0 Å². The Morgan fingerprint density at radius 3 is 2.36 bits per heavy atom. The number of piperazine rings is 1. The molecule has 8 nitrogen and oxygen atoms in total. The maximum Gasteiger partial charge on any atom is 0.139 e. The highest BCUT2D eigenvalue weighted by Gasteiger charge is 2.20. The fraction of sp³-hybridized carbons (Fsp3) is 0.500. The fourth-order valence-corrected chi connectivity index (χ4v) is 4.23. The molecule has 4 heterocycles. The number of rotatable bonds is 5. The molecule has 0 spiro atoms. The van der Waals surface area contributed by atoms with Crippen LogP contribution in [0.25, 0.3) is 10.9 Å². The van der Waals surface area contributed by atoms with Crippen LogP contribution < -0.4 is 9.80 Å². The molecule has 0 aliphatic carbocycles. The van der Waals surface area contributed by atoms with Gasteiger partial charge in [0, 0.05) is 56.9 Å². The summed E-state index contributed by atoms with van der Waals surface area (Å²) in [6.45, 7) is 8.22. The van der Waals surface area contributed by atoms with Crippen LogP contribution in [0.2, 0.25) is 0 Å². The molecule has 2 aliphatic rings. The number of aromatic nitrogens is 5. The first-order chi connectivity index (χ1) is 13.9. The van der Waals surface area contributed by atoms with Gasteiger partial charge in [-0.25, -0.2) is 9.97 Å². The number of fused-ring (bicyclic) bond motifs is 1. The first-order valence-electron chi connectivity index (χ1n) is 10.2. The van der Waals surface area contributed by atoms with Crippen LogP contribution in [0.1, 0.15) is 12.8 Å². The molecule has 3 aromatic rings. The van der Waals surface area contributed by atoms with Crippen LogP contribution in [-0.2, 0) is 6.54 Å². The molecule has 0 N–H and O–H groups in total. The molecule has 0 radical (unpaired) electrons. The Morgan fingerprint density at radius 2 is 1.57 bits per heavy atom. The third kappa shape index (κ3) is 3.52. The third-order valence-corrected chi connectivity index (χ3v) is 5.82. The summed E-state index contributed by atoms with van der Waals surface area (Å²) in [6.07, 6.45) is 7.67. The quantitative estimate of drug-likeness (QED) is 0.669. The highest BCUT2D eigenvalue weighted by atomic mass is 15.5. The molecule has 2 saturated heterocycles. The van der Waals surface area contributed by atoms with Crippen molar-refractivity contribution in [1.82, 2.24) is 29.9 Å². The van der Waals surface area contributed by atoms with Crippen LogP contribution >= 0.6 is 0 Å². The molecular formula is C20H26N8. The van der Waals surface area contributed by atoms with Gasteiger partial charge in [-0.05, 0) is 31.0 Å². The van der Waals surface area contributed by atoms with Crippen LogP contribution in [0.3, 0.4) is 0 Å². The first-order valence-corrected chi connectivity index (χ1v) is 10.2. The summed E-state index contributed by atoms with van der Waals surface area (Å²) < 4.78 is 0. The largest absolute Gasteiger partial charge is 0.369 e. The van der Waals surface area contributed by atoms with E-state index in [1.807, 2.05) is 0 Å². The van der Waals surface area contributed by atoms with E-state index in [-0.39, 0.29) is 0 Å². The van der Waals surface area contributed by atoms with Crippen molar-refractivity contribution in [2.45, 2.75) is 19.4 Å². The van der Waals surface area contributed by atoms with Gasteiger partial charge >= 0.3 is 0 Å². The summed E-state index contributed by atoms with van der Waals surface area (Å²) in [5, 5.41) is 9.55. The van der Waals surface area contributed by atoms with Gasteiger partial charge in [0.1, 0.15) is 12.1 Å². The fourth-order valence-electron chi connectivity index (χ4n) is 4.23. The van der Waals surface area contributed by atoms with E-state index < -0.39 is 0 Å². The van der Waals surface area contributed by atoms with E-state index in [1.54, 1.807) is 23.5 Å². The minimum Gasteiger partial charge on any atom is -0.369 e. The minimum atomic E-state index is 0.847. The Bertz CT molecular complexity index is 911. The standard InChI is InChI=1S/C20H26N8/c1-2-8-27(7-1)20-18-15-17(3-4-19(18)21-16-22-20)26-12-9-25(10-13-26)11-14-28-23-5-6-24-28/h3-6,15-16H,1-2,7-14H2. The van der Waals surface area contributed by atoms with Gasteiger partial charge in [-0.15, -0.1) is 0 Å². The van der Waals surface area contributed by atoms with Crippen molar-refractivity contribution >= 4 is 22.4 Å². The van der Waals surface area contributed by atoms with Crippen LogP contribution in [0.5, 0.6) is 0 Å². The van der Waals surface area contributed by atoms with Gasteiger partial charge in [-0.3, -0.25) is 4.90 Å². The van der Waals surface area contributed by atoms with E-state index in [4.69, 9.17) is 0 Å². The van der Waals surface area contributed by atoms with E-state index >= 15 is 0 Å². The van der Waals surface area contributed by atoms with Crippen molar-refractivity contribution in [2.24, 2.45) is 0 Å². The molecule has 0 bridgehead atoms. The van der Waals surface area contributed by atoms with Crippen LogP contribution in [-0.4, -0.2) is 75.7 Å². The number of anilines is 2. The lowest BCUT2D eigenvalue weighted by atomic mass is 10.1. The highest BCUT2D eigenvalue weighted by Crippen LogP contribution is 2.29. The molecule has 5 rings (SSSR count). The summed E-state index contributed by atoms with van der Waals surface area (Å²) in [6, 6.07) is 6.63. The zero-order chi connectivity index (χ0) is 18.8. The van der Waals surface area contributed by atoms with Gasteiger partial charge in [0.15, 0.2) is 0 Å². The van der Waals surface area contributed by atoms with Gasteiger partial charge in [0.05, 0.1) is 24.5 Å². The van der Waals surface area contributed by atoms with Crippen molar-refractivity contribution < 1.29 is 0 Å². The van der Waals surface area contributed by atoms with Crippen molar-refractivity contribution in [3.8, 4) is 0 Å². The average Bonchev–Trinajstić information content (AvgIpc) is 3.46. The van der Waals surface area contributed by atoms with Crippen molar-refractivity contribution in [2.75, 3.05) is 55.6 Å². The Morgan fingerprint density at radius 1 is 0.786 bits per heavy atom. The molecule has 0 amide bonds. The molecule has 0 atom stereocenters. The lowest BCUT2D eigenvalue weighted by Crippen LogP contribution is -2.47. The molecule has 146 valence electrons. The second-order valence-corrected chi connectivity index (χ2v) is 7.55. The zero-order valence-electron chi connectivity index (χ0n) is 16.1. The smallest absolute Gasteiger partial charge is 0.139 e. The van der Waals surface area contributed by atoms with Crippen LogP contribution in [0.4, 0.5) is 11.5 Å². The molecule has 0 unspecified atom stereocenters. The Labute approximate surface area is 164 Å². The van der Waals surface area contributed by atoms with Crippen molar-refractivity contribution in [1.29, 1.82) is 0 Å². The molecular weight excluding hydrogens is 352 g/mol. The van der Waals surface area contributed by atoms with E-state index in [1.165, 1.54) is 23.9 Å². The zero-order valence-corrected chi connectivity index (χ0v) is 16.1. The molecule has 8 heteroatoms. The van der Waals surface area contributed by atoms with E-state index in [0.717, 1.165) is 63.7 Å². The topological polar surface area (TPSA) is 66.2 Å². The van der Waals surface area contributed by atoms with Gasteiger partial charge in [0.25, 0.3) is 0 Å². The lowest BCUT2D eigenvalue weighted by Gasteiger charge is -2.36. The number of hydrogen-bond donors (Lipinski definition) is 0. The molecule has 0 saturated carbocycles. The summed E-state index contributed by atoms with van der Waals surface area (Å²) in [4.78, 5) is 18.2. The first kappa shape index (κ1) is 17.4. The van der Waals surface area contributed by atoms with E-state index in [0.29, 0.717) is 0 Å². The number of nitrogens with zero attached hydrogens (tertiary/aromatic N) is 8. The summed E-state index contributed by atoms with van der Waals surface area (Å²) in [5.74, 6) is 1.09. The maximum absolute atomic E-state index is 4.61. The minimum absolute atomic E-state index is 0.847. The van der Waals surface area contributed by atoms with Gasteiger partial charge in [0.2, 0.25) is 0 Å². The monoisotopic (exact) mass is 378 g/mol. The molecule has 2 aromatic heterocycles. The predicted octanol–water partition coefficient (Wildman–Crippen LogP) is 1.64. The van der Waals surface area contributed by atoms with Crippen LogP contribution in [0.15, 0.2) is 36.9 Å². The molecule has 2 aliphatic heterocycles. The van der Waals surface area contributed by atoms with E-state index in [2.05, 4.69) is 53.1 Å². The summed E-state index contributed by atoms with van der Waals surface area (Å²) in [5.41, 5.74) is 2.31. The second kappa shape index (κ2) is 7.71. The Kier molecular flexibility index (Phi) is 4.78. The number of benzene rings is 1. The second-order valence-electron chi connectivity index (χ2n) is 7.55. The van der Waals surface area contributed by atoms with E-state index in [9.17, 15) is 0 Å². The van der Waals surface area contributed by atoms with Gasteiger partial charge in [-0.1, -0.05) is 0 Å².